The van der Waals surface area contributed by atoms with Gasteiger partial charge in [0.25, 0.3) is 0 Å². The highest BCUT2D eigenvalue weighted by molar-refractivity contribution is 7.53. The minimum absolute atomic E-state index is 0.151. The van der Waals surface area contributed by atoms with E-state index in [-0.39, 0.29) is 6.04 Å². The Bertz CT molecular complexity index is 263. The highest BCUT2D eigenvalue weighted by atomic mass is 31.2. The molecule has 0 heterocycles. The molecular formula is C10H23N2O3P. The van der Waals surface area contributed by atoms with Gasteiger partial charge in [-0.25, -0.2) is 0 Å². The Kier molecular flexibility index (Phi) is 4.95. The number of rotatable bonds is 5. The van der Waals surface area contributed by atoms with Crippen LogP contribution in [0.2, 0.25) is 0 Å². The largest absolute Gasteiger partial charge is 0.359 e. The van der Waals surface area contributed by atoms with Crippen molar-refractivity contribution < 1.29 is 14.4 Å². The van der Waals surface area contributed by atoms with Crippen LogP contribution in [0.1, 0.15) is 51.9 Å². The molecule has 0 amide bonds. The van der Waals surface area contributed by atoms with Gasteiger partial charge in [-0.1, -0.05) is 32.6 Å². The van der Waals surface area contributed by atoms with Gasteiger partial charge in [-0.3, -0.25) is 9.88 Å². The second-order valence-electron chi connectivity index (χ2n) is 4.70. The predicted octanol–water partition coefficient (Wildman–Crippen LogP) is 1.50. The summed E-state index contributed by atoms with van der Waals surface area (Å²) in [5.74, 6) is 0. The van der Waals surface area contributed by atoms with E-state index in [0.29, 0.717) is 12.8 Å². The number of hydrogen-bond acceptors (Lipinski definition) is 3. The van der Waals surface area contributed by atoms with Gasteiger partial charge < -0.3 is 15.5 Å². The molecule has 0 spiro atoms. The van der Waals surface area contributed by atoms with Gasteiger partial charge in [0.1, 0.15) is 0 Å². The molecule has 1 aliphatic rings. The molecule has 0 aromatic carbocycles. The molecule has 1 aliphatic carbocycles. The lowest BCUT2D eigenvalue weighted by atomic mass is 9.95. The number of nitrogens with two attached hydrogens (primary N) is 1. The van der Waals surface area contributed by atoms with Crippen LogP contribution in [0.3, 0.4) is 0 Å². The topological polar surface area (TPSA) is 95.6 Å². The summed E-state index contributed by atoms with van der Waals surface area (Å²) in [6, 6.07) is 0.151. The van der Waals surface area contributed by atoms with Crippen LogP contribution >= 0.6 is 7.60 Å². The van der Waals surface area contributed by atoms with E-state index in [0.717, 1.165) is 25.7 Å². The van der Waals surface area contributed by atoms with Gasteiger partial charge in [-0.2, -0.15) is 0 Å². The average Bonchev–Trinajstić information content (AvgIpc) is 2.17. The van der Waals surface area contributed by atoms with Crippen molar-refractivity contribution in [2.75, 3.05) is 0 Å². The quantitative estimate of drug-likeness (QED) is 0.438. The first kappa shape index (κ1) is 14.1. The molecule has 6 heteroatoms. The average molecular weight is 250 g/mol. The summed E-state index contributed by atoms with van der Waals surface area (Å²) in [5.41, 5.74) is 5.84. The Morgan fingerprint density at radius 1 is 1.38 bits per heavy atom. The third-order valence-electron chi connectivity index (χ3n) is 3.21. The van der Waals surface area contributed by atoms with Crippen LogP contribution in [-0.2, 0) is 4.57 Å². The summed E-state index contributed by atoms with van der Waals surface area (Å²) in [5, 5.41) is 1.45. The van der Waals surface area contributed by atoms with Crippen molar-refractivity contribution >= 4 is 7.60 Å². The van der Waals surface area contributed by atoms with Crippen LogP contribution < -0.4 is 11.1 Å². The van der Waals surface area contributed by atoms with Crippen LogP contribution in [0.5, 0.6) is 0 Å². The lowest BCUT2D eigenvalue weighted by molar-refractivity contribution is 0.246. The van der Waals surface area contributed by atoms with Gasteiger partial charge in [-0.05, 0) is 19.3 Å². The fourth-order valence-electron chi connectivity index (χ4n) is 2.28. The van der Waals surface area contributed by atoms with E-state index in [4.69, 9.17) is 5.73 Å². The van der Waals surface area contributed by atoms with Gasteiger partial charge in [0.15, 0.2) is 5.40 Å². The lowest BCUT2D eigenvalue weighted by Gasteiger charge is -2.36. The molecule has 16 heavy (non-hydrogen) atoms. The van der Waals surface area contributed by atoms with Gasteiger partial charge in [0.2, 0.25) is 0 Å². The number of nitrogens with one attached hydrogen (secondary N) is 1. The first-order valence-corrected chi connectivity index (χ1v) is 7.62. The highest BCUT2D eigenvalue weighted by Crippen LogP contribution is 2.48. The monoisotopic (exact) mass is 250 g/mol. The summed E-state index contributed by atoms with van der Waals surface area (Å²) in [4.78, 5) is 18.6. The van der Waals surface area contributed by atoms with Crippen LogP contribution in [0.15, 0.2) is 0 Å². The van der Waals surface area contributed by atoms with Gasteiger partial charge >= 0.3 is 7.60 Å². The minimum atomic E-state index is -4.30. The molecule has 0 aromatic heterocycles. The molecule has 1 saturated carbocycles. The van der Waals surface area contributed by atoms with E-state index in [1.54, 1.807) is 0 Å². The van der Waals surface area contributed by atoms with E-state index in [9.17, 15) is 14.4 Å². The standard InChI is InChI=1S/C10H23N2O3P/c1-2-8-10(11,16(13,14)15)12-9-6-4-3-5-7-9/h9,12H,2-8,11H2,1H3,(H2,13,14,15). The van der Waals surface area contributed by atoms with Crippen molar-refractivity contribution in [2.45, 2.75) is 63.3 Å². The van der Waals surface area contributed by atoms with Crippen LogP contribution in [0.25, 0.3) is 0 Å². The molecule has 0 aliphatic heterocycles. The maximum atomic E-state index is 11.4. The summed E-state index contributed by atoms with van der Waals surface area (Å²) >= 11 is 0. The van der Waals surface area contributed by atoms with Crippen molar-refractivity contribution in [1.82, 2.24) is 5.32 Å². The lowest BCUT2D eigenvalue weighted by Crippen LogP contribution is -2.57. The SMILES string of the molecule is CCCC(N)(NC1CCCCC1)P(=O)(O)O. The molecule has 5 N–H and O–H groups in total. The Balaban J connectivity index is 2.66. The second-order valence-corrected chi connectivity index (χ2v) is 6.58. The summed E-state index contributed by atoms with van der Waals surface area (Å²) in [7, 11) is -4.30. The molecule has 0 radical (unpaired) electrons. The molecular weight excluding hydrogens is 227 g/mol. The van der Waals surface area contributed by atoms with E-state index >= 15 is 0 Å². The Morgan fingerprint density at radius 2 is 1.94 bits per heavy atom. The minimum Gasteiger partial charge on any atom is -0.322 e. The van der Waals surface area contributed by atoms with E-state index < -0.39 is 13.0 Å². The van der Waals surface area contributed by atoms with Crippen LogP contribution in [0, 0.1) is 0 Å². The van der Waals surface area contributed by atoms with Crippen LogP contribution in [-0.4, -0.2) is 21.2 Å². The summed E-state index contributed by atoms with van der Waals surface area (Å²) < 4.78 is 11.4. The molecule has 5 nitrogen and oxygen atoms in total. The molecule has 1 fully saturated rings. The zero-order valence-corrected chi connectivity index (χ0v) is 10.7. The van der Waals surface area contributed by atoms with Crippen molar-refractivity contribution in [3.63, 3.8) is 0 Å². The van der Waals surface area contributed by atoms with Crippen molar-refractivity contribution in [2.24, 2.45) is 5.73 Å². The number of hydrogen-bond donors (Lipinski definition) is 4. The molecule has 0 bridgehead atoms. The second kappa shape index (κ2) is 5.61. The fraction of sp³-hybridized carbons (Fsp3) is 1.00. The first-order chi connectivity index (χ1) is 7.39. The normalized spacial score (nSPS) is 23.0. The molecule has 1 atom stereocenters. The third-order valence-corrected chi connectivity index (χ3v) is 4.60. The van der Waals surface area contributed by atoms with Crippen molar-refractivity contribution in [3.05, 3.63) is 0 Å². The van der Waals surface area contributed by atoms with E-state index in [1.165, 1.54) is 6.42 Å². The van der Waals surface area contributed by atoms with E-state index in [1.807, 2.05) is 6.92 Å². The third kappa shape index (κ3) is 3.54. The molecule has 96 valence electrons. The van der Waals surface area contributed by atoms with Gasteiger partial charge in [0.05, 0.1) is 0 Å². The Labute approximate surface area is 97.0 Å². The van der Waals surface area contributed by atoms with Crippen molar-refractivity contribution in [1.29, 1.82) is 0 Å². The summed E-state index contributed by atoms with van der Waals surface area (Å²) in [6.45, 7) is 1.87. The molecule has 1 rings (SSSR count). The Hall–Kier alpha value is 0.0700. The van der Waals surface area contributed by atoms with E-state index in [2.05, 4.69) is 5.32 Å². The zero-order valence-electron chi connectivity index (χ0n) is 9.85. The maximum Gasteiger partial charge on any atom is 0.359 e. The molecule has 0 aromatic rings. The first-order valence-electron chi connectivity index (χ1n) is 6.01. The maximum absolute atomic E-state index is 11.4. The van der Waals surface area contributed by atoms with Gasteiger partial charge in [-0.15, -0.1) is 0 Å². The van der Waals surface area contributed by atoms with Gasteiger partial charge in [0, 0.05) is 6.04 Å². The zero-order chi connectivity index (χ0) is 12.2. The highest BCUT2D eigenvalue weighted by Gasteiger charge is 2.43. The van der Waals surface area contributed by atoms with Crippen LogP contribution in [0.4, 0.5) is 0 Å². The fourth-order valence-corrected chi connectivity index (χ4v) is 3.15. The predicted molar refractivity (Wildman–Crippen MR) is 63.9 cm³/mol. The Morgan fingerprint density at radius 3 is 2.38 bits per heavy atom. The smallest absolute Gasteiger partial charge is 0.322 e. The van der Waals surface area contributed by atoms with Crippen molar-refractivity contribution in [3.8, 4) is 0 Å². The summed E-state index contributed by atoms with van der Waals surface area (Å²) in [6.07, 6.45) is 6.31. The molecule has 0 saturated heterocycles. The molecule has 1 unspecified atom stereocenters.